The Morgan fingerprint density at radius 3 is 1.33 bits per heavy atom. The highest BCUT2D eigenvalue weighted by molar-refractivity contribution is 8.00. The summed E-state index contributed by atoms with van der Waals surface area (Å²) in [5.74, 6) is -1.04. The number of esters is 2. The third-order valence-electron chi connectivity index (χ3n) is 7.32. The molecule has 0 bridgehead atoms. The van der Waals surface area contributed by atoms with Crippen molar-refractivity contribution in [2.24, 2.45) is 0 Å². The van der Waals surface area contributed by atoms with Gasteiger partial charge >= 0.3 is 11.9 Å². The van der Waals surface area contributed by atoms with Gasteiger partial charge in [-0.15, -0.1) is 0 Å². The standard InChI is InChI=1S/C36H30N4O6S2/c41-31(45-21-25-11-3-1-4-12-25)23-47-35-37-29-17-9-7-15-27(29)33(43)39(35)19-20-40-34(44)28-16-8-10-18-30(28)38-36(40)48-24-32(42)46-22-26-13-5-2-6-14-26/h1-18H,19-24H2. The lowest BCUT2D eigenvalue weighted by Gasteiger charge is -2.16. The first-order chi connectivity index (χ1) is 23.5. The number of ether oxygens (including phenoxy) is 2. The minimum Gasteiger partial charge on any atom is -0.460 e. The lowest BCUT2D eigenvalue weighted by atomic mass is 10.2. The van der Waals surface area contributed by atoms with E-state index in [0.29, 0.717) is 32.1 Å². The van der Waals surface area contributed by atoms with E-state index in [1.165, 1.54) is 9.13 Å². The van der Waals surface area contributed by atoms with E-state index in [1.54, 1.807) is 48.5 Å². The number of aromatic nitrogens is 4. The summed E-state index contributed by atoms with van der Waals surface area (Å²) in [5.41, 5.74) is 2.11. The zero-order valence-corrected chi connectivity index (χ0v) is 27.3. The lowest BCUT2D eigenvalue weighted by molar-refractivity contribution is -0.142. The maximum Gasteiger partial charge on any atom is 0.316 e. The number of carbonyl (C=O) groups excluding carboxylic acids is 2. The van der Waals surface area contributed by atoms with E-state index in [-0.39, 0.29) is 48.9 Å². The second kappa shape index (κ2) is 15.6. The van der Waals surface area contributed by atoms with Gasteiger partial charge in [0.2, 0.25) is 0 Å². The number of hydrogen-bond acceptors (Lipinski definition) is 10. The van der Waals surface area contributed by atoms with Crippen LogP contribution in [0.3, 0.4) is 0 Å². The molecule has 48 heavy (non-hydrogen) atoms. The highest BCUT2D eigenvalue weighted by Crippen LogP contribution is 2.21. The van der Waals surface area contributed by atoms with Crippen LogP contribution in [0.2, 0.25) is 0 Å². The van der Waals surface area contributed by atoms with E-state index in [4.69, 9.17) is 9.47 Å². The average molecular weight is 679 g/mol. The molecule has 0 spiro atoms. The third kappa shape index (κ3) is 8.01. The quantitative estimate of drug-likeness (QED) is 0.0882. The molecule has 0 aliphatic heterocycles. The minimum atomic E-state index is -0.453. The van der Waals surface area contributed by atoms with Crippen molar-refractivity contribution in [3.63, 3.8) is 0 Å². The molecule has 6 rings (SSSR count). The molecule has 12 heteroatoms. The van der Waals surface area contributed by atoms with Crippen LogP contribution in [0.5, 0.6) is 0 Å². The van der Waals surface area contributed by atoms with Gasteiger partial charge < -0.3 is 9.47 Å². The molecule has 0 atom stereocenters. The number of carbonyl (C=O) groups is 2. The summed E-state index contributed by atoms with van der Waals surface area (Å²) < 4.78 is 13.8. The van der Waals surface area contributed by atoms with Gasteiger partial charge in [0.1, 0.15) is 13.2 Å². The maximum atomic E-state index is 13.7. The summed E-state index contributed by atoms with van der Waals surface area (Å²) in [6.07, 6.45) is 0. The van der Waals surface area contributed by atoms with Gasteiger partial charge in [0.25, 0.3) is 11.1 Å². The fourth-order valence-corrected chi connectivity index (χ4v) is 6.56. The normalized spacial score (nSPS) is 11.1. The van der Waals surface area contributed by atoms with E-state index < -0.39 is 11.9 Å². The number of fused-ring (bicyclic) bond motifs is 2. The monoisotopic (exact) mass is 678 g/mol. The molecule has 242 valence electrons. The van der Waals surface area contributed by atoms with Crippen LogP contribution in [0.1, 0.15) is 11.1 Å². The van der Waals surface area contributed by atoms with Gasteiger partial charge in [0.15, 0.2) is 10.3 Å². The molecular weight excluding hydrogens is 649 g/mol. The highest BCUT2D eigenvalue weighted by Gasteiger charge is 2.18. The number of benzene rings is 4. The summed E-state index contributed by atoms with van der Waals surface area (Å²) in [7, 11) is 0. The van der Waals surface area contributed by atoms with Crippen molar-refractivity contribution in [1.29, 1.82) is 0 Å². The zero-order chi connectivity index (χ0) is 33.3. The molecule has 6 aromatic rings. The van der Waals surface area contributed by atoms with Crippen molar-refractivity contribution >= 4 is 57.3 Å². The molecule has 0 saturated heterocycles. The number of para-hydroxylation sites is 2. The Morgan fingerprint density at radius 1 is 0.542 bits per heavy atom. The summed E-state index contributed by atoms with van der Waals surface area (Å²) in [6, 6.07) is 32.7. The number of hydrogen-bond donors (Lipinski definition) is 0. The topological polar surface area (TPSA) is 122 Å². The van der Waals surface area contributed by atoms with Gasteiger partial charge in [-0.3, -0.25) is 28.3 Å². The molecule has 0 unspecified atom stereocenters. The Hall–Kier alpha value is -5.20. The molecule has 10 nitrogen and oxygen atoms in total. The third-order valence-corrected chi connectivity index (χ3v) is 9.22. The van der Waals surface area contributed by atoms with Gasteiger partial charge in [-0.1, -0.05) is 108 Å². The molecule has 0 aliphatic rings. The summed E-state index contributed by atoms with van der Waals surface area (Å²) >= 11 is 2.18. The Balaban J connectivity index is 1.23. The highest BCUT2D eigenvalue weighted by atomic mass is 32.2. The van der Waals surface area contributed by atoms with E-state index in [0.717, 1.165) is 34.7 Å². The van der Waals surface area contributed by atoms with Gasteiger partial charge in [-0.2, -0.15) is 0 Å². The Bertz CT molecular complexity index is 2030. The van der Waals surface area contributed by atoms with Gasteiger partial charge in [-0.05, 0) is 35.4 Å². The van der Waals surface area contributed by atoms with E-state index in [1.807, 2.05) is 60.7 Å². The number of thioether (sulfide) groups is 2. The lowest BCUT2D eigenvalue weighted by Crippen LogP contribution is -2.30. The van der Waals surface area contributed by atoms with Crippen LogP contribution in [0.15, 0.2) is 129 Å². The van der Waals surface area contributed by atoms with Crippen LogP contribution in [-0.4, -0.2) is 42.5 Å². The first-order valence-electron chi connectivity index (χ1n) is 15.1. The SMILES string of the molecule is O=C(CSc1nc2ccccc2c(=O)n1CCn1c(SCC(=O)OCc2ccccc2)nc2ccccc2c1=O)OCc1ccccc1. The molecule has 4 aromatic carbocycles. The van der Waals surface area contributed by atoms with E-state index in [9.17, 15) is 19.2 Å². The first kappa shape index (κ1) is 32.7. The van der Waals surface area contributed by atoms with Crippen molar-refractivity contribution in [1.82, 2.24) is 19.1 Å². The van der Waals surface area contributed by atoms with Crippen LogP contribution in [0, 0.1) is 0 Å². The van der Waals surface area contributed by atoms with Crippen molar-refractivity contribution in [3.05, 3.63) is 141 Å². The maximum absolute atomic E-state index is 13.7. The second-order valence-corrected chi connectivity index (χ2v) is 12.5. The summed E-state index contributed by atoms with van der Waals surface area (Å²) in [6.45, 7) is 0.390. The van der Waals surface area contributed by atoms with Gasteiger partial charge in [-0.25, -0.2) is 9.97 Å². The fraction of sp³-hybridized carbons (Fsp3) is 0.167. The molecular formula is C36H30N4O6S2. The fourth-order valence-electron chi connectivity index (χ4n) is 4.92. The smallest absolute Gasteiger partial charge is 0.316 e. The molecule has 0 aliphatic carbocycles. The predicted octanol–water partition coefficient (Wildman–Crippen LogP) is 5.48. The molecule has 0 N–H and O–H groups in total. The summed E-state index contributed by atoms with van der Waals surface area (Å²) in [5, 5.41) is 1.45. The van der Waals surface area contributed by atoms with Crippen molar-refractivity contribution in [3.8, 4) is 0 Å². The Labute approximate surface area is 283 Å². The Kier molecular flexibility index (Phi) is 10.6. The molecule has 0 radical (unpaired) electrons. The molecule has 0 saturated carbocycles. The van der Waals surface area contributed by atoms with Crippen molar-refractivity contribution < 1.29 is 19.1 Å². The van der Waals surface area contributed by atoms with Crippen LogP contribution in [0.25, 0.3) is 21.8 Å². The van der Waals surface area contributed by atoms with E-state index >= 15 is 0 Å². The predicted molar refractivity (Wildman–Crippen MR) is 186 cm³/mol. The average Bonchev–Trinajstić information content (AvgIpc) is 3.12. The molecule has 2 aromatic heterocycles. The van der Waals surface area contributed by atoms with Crippen molar-refractivity contribution in [2.45, 2.75) is 36.6 Å². The van der Waals surface area contributed by atoms with Crippen LogP contribution in [-0.2, 0) is 45.4 Å². The number of rotatable bonds is 13. The molecule has 0 amide bonds. The largest absolute Gasteiger partial charge is 0.460 e. The second-order valence-electron chi connectivity index (χ2n) is 10.6. The summed E-state index contributed by atoms with van der Waals surface area (Å²) in [4.78, 5) is 62.1. The minimum absolute atomic E-state index is 0.0595. The van der Waals surface area contributed by atoms with Gasteiger partial charge in [0, 0.05) is 13.1 Å². The van der Waals surface area contributed by atoms with Crippen molar-refractivity contribution in [2.75, 3.05) is 11.5 Å². The van der Waals surface area contributed by atoms with Crippen LogP contribution >= 0.6 is 23.5 Å². The molecule has 2 heterocycles. The van der Waals surface area contributed by atoms with Gasteiger partial charge in [0.05, 0.1) is 33.3 Å². The first-order valence-corrected chi connectivity index (χ1v) is 17.1. The molecule has 0 fully saturated rings. The van der Waals surface area contributed by atoms with E-state index in [2.05, 4.69) is 9.97 Å². The zero-order valence-electron chi connectivity index (χ0n) is 25.7. The van der Waals surface area contributed by atoms with Crippen LogP contribution < -0.4 is 11.1 Å². The van der Waals surface area contributed by atoms with Crippen LogP contribution in [0.4, 0.5) is 0 Å². The Morgan fingerprint density at radius 2 is 0.917 bits per heavy atom. The number of nitrogens with zero attached hydrogens (tertiary/aromatic N) is 4.